The molecular formula is C13H14BrNO4. The van der Waals surface area contributed by atoms with Crippen molar-refractivity contribution in [3.05, 3.63) is 28.2 Å². The number of carbonyl (C=O) groups is 2. The summed E-state index contributed by atoms with van der Waals surface area (Å²) in [5.41, 5.74) is 0.829. The van der Waals surface area contributed by atoms with Gasteiger partial charge in [-0.15, -0.1) is 0 Å². The zero-order valence-electron chi connectivity index (χ0n) is 10.4. The van der Waals surface area contributed by atoms with E-state index in [1.165, 1.54) is 0 Å². The molecule has 19 heavy (non-hydrogen) atoms. The third kappa shape index (κ3) is 3.07. The highest BCUT2D eigenvalue weighted by Crippen LogP contribution is 2.35. The number of ether oxygens (including phenoxy) is 1. The molecular weight excluding hydrogens is 314 g/mol. The van der Waals surface area contributed by atoms with Crippen LogP contribution in [0.25, 0.3) is 0 Å². The van der Waals surface area contributed by atoms with E-state index in [1.54, 1.807) is 6.92 Å². The largest absolute Gasteiger partial charge is 0.492 e. The summed E-state index contributed by atoms with van der Waals surface area (Å²) in [6, 6.07) is 5.52. The van der Waals surface area contributed by atoms with Crippen LogP contribution in [0.1, 0.15) is 18.4 Å². The standard InChI is InChI=1S/C13H14BrNO4/c1-7(13(17)18)5-15-12(16)10-6-19-11-3-2-8(14)4-9(10)11/h2-4,7,10H,5-6H2,1H3,(H,15,16)(H,17,18). The number of fused-ring (bicyclic) bond motifs is 1. The van der Waals surface area contributed by atoms with E-state index < -0.39 is 11.9 Å². The SMILES string of the molecule is CC(CNC(=O)C1COc2ccc(Br)cc21)C(=O)O. The number of nitrogens with one attached hydrogen (secondary N) is 1. The van der Waals surface area contributed by atoms with Crippen LogP contribution in [0.15, 0.2) is 22.7 Å². The lowest BCUT2D eigenvalue weighted by molar-refractivity contribution is -0.141. The molecule has 2 unspecified atom stereocenters. The summed E-state index contributed by atoms with van der Waals surface area (Å²) in [5, 5.41) is 11.4. The molecule has 1 amide bonds. The number of hydrogen-bond donors (Lipinski definition) is 2. The molecule has 0 aliphatic carbocycles. The second kappa shape index (κ2) is 5.61. The minimum atomic E-state index is -0.925. The fourth-order valence-corrected chi connectivity index (χ4v) is 2.25. The smallest absolute Gasteiger partial charge is 0.308 e. The van der Waals surface area contributed by atoms with Crippen LogP contribution >= 0.6 is 15.9 Å². The molecule has 0 saturated carbocycles. The third-order valence-electron chi connectivity index (χ3n) is 3.07. The summed E-state index contributed by atoms with van der Waals surface area (Å²) in [5.74, 6) is -1.41. The number of carboxylic acids is 1. The zero-order valence-corrected chi connectivity index (χ0v) is 11.9. The maximum absolute atomic E-state index is 12.0. The molecule has 0 bridgehead atoms. The van der Waals surface area contributed by atoms with Crippen molar-refractivity contribution >= 4 is 27.8 Å². The summed E-state index contributed by atoms with van der Waals surface area (Å²) in [6.07, 6.45) is 0. The van der Waals surface area contributed by atoms with Crippen molar-refractivity contribution in [2.24, 2.45) is 5.92 Å². The van der Waals surface area contributed by atoms with Gasteiger partial charge in [-0.05, 0) is 18.2 Å². The molecule has 1 aliphatic heterocycles. The Morgan fingerprint density at radius 3 is 3.00 bits per heavy atom. The summed E-state index contributed by atoms with van der Waals surface area (Å²) >= 11 is 3.36. The first-order chi connectivity index (χ1) is 8.99. The van der Waals surface area contributed by atoms with E-state index in [1.807, 2.05) is 18.2 Å². The molecule has 1 aromatic carbocycles. The van der Waals surface area contributed by atoms with Gasteiger partial charge >= 0.3 is 5.97 Å². The van der Waals surface area contributed by atoms with Gasteiger partial charge in [-0.2, -0.15) is 0 Å². The van der Waals surface area contributed by atoms with E-state index >= 15 is 0 Å². The van der Waals surface area contributed by atoms with Gasteiger partial charge in [0, 0.05) is 16.6 Å². The average Bonchev–Trinajstić information content (AvgIpc) is 2.78. The number of carbonyl (C=O) groups excluding carboxylic acids is 1. The van der Waals surface area contributed by atoms with E-state index in [2.05, 4.69) is 21.2 Å². The molecule has 5 nitrogen and oxygen atoms in total. The average molecular weight is 328 g/mol. The number of rotatable bonds is 4. The molecule has 0 spiro atoms. The van der Waals surface area contributed by atoms with Gasteiger partial charge in [-0.1, -0.05) is 22.9 Å². The van der Waals surface area contributed by atoms with Crippen molar-refractivity contribution in [2.75, 3.05) is 13.2 Å². The normalized spacial score (nSPS) is 18.3. The molecule has 0 fully saturated rings. The van der Waals surface area contributed by atoms with Crippen LogP contribution in [0.2, 0.25) is 0 Å². The Labute approximate surface area is 119 Å². The van der Waals surface area contributed by atoms with Crippen molar-refractivity contribution in [1.29, 1.82) is 0 Å². The van der Waals surface area contributed by atoms with E-state index in [4.69, 9.17) is 9.84 Å². The monoisotopic (exact) mass is 327 g/mol. The van der Waals surface area contributed by atoms with Gasteiger partial charge in [0.1, 0.15) is 18.3 Å². The first-order valence-corrected chi connectivity index (χ1v) is 6.71. The number of carboxylic acid groups (broad SMARTS) is 1. The Kier molecular flexibility index (Phi) is 4.09. The second-order valence-corrected chi connectivity index (χ2v) is 5.45. The Morgan fingerprint density at radius 2 is 2.32 bits per heavy atom. The lowest BCUT2D eigenvalue weighted by Crippen LogP contribution is -2.35. The van der Waals surface area contributed by atoms with Crippen LogP contribution in [0.5, 0.6) is 5.75 Å². The van der Waals surface area contributed by atoms with Gasteiger partial charge in [0.15, 0.2) is 0 Å². The molecule has 0 radical (unpaired) electrons. The second-order valence-electron chi connectivity index (χ2n) is 4.53. The molecule has 0 aromatic heterocycles. The number of benzene rings is 1. The highest BCUT2D eigenvalue weighted by atomic mass is 79.9. The quantitative estimate of drug-likeness (QED) is 0.883. The molecule has 1 heterocycles. The molecule has 1 aromatic rings. The first kappa shape index (κ1) is 13.9. The lowest BCUT2D eigenvalue weighted by Gasteiger charge is -2.12. The van der Waals surface area contributed by atoms with Gasteiger partial charge in [0.2, 0.25) is 5.91 Å². The Hall–Kier alpha value is -1.56. The van der Waals surface area contributed by atoms with Gasteiger partial charge in [0.05, 0.1) is 5.92 Å². The molecule has 6 heteroatoms. The topological polar surface area (TPSA) is 75.6 Å². The lowest BCUT2D eigenvalue weighted by atomic mass is 10.0. The van der Waals surface area contributed by atoms with Crippen LogP contribution < -0.4 is 10.1 Å². The maximum atomic E-state index is 12.0. The maximum Gasteiger partial charge on any atom is 0.308 e. The summed E-state index contributed by atoms with van der Waals surface area (Å²) < 4.78 is 6.33. The van der Waals surface area contributed by atoms with Crippen molar-refractivity contribution in [3.63, 3.8) is 0 Å². The van der Waals surface area contributed by atoms with Crippen molar-refractivity contribution < 1.29 is 19.4 Å². The highest BCUT2D eigenvalue weighted by molar-refractivity contribution is 9.10. The molecule has 102 valence electrons. The summed E-state index contributed by atoms with van der Waals surface area (Å²) in [4.78, 5) is 22.7. The number of aliphatic carboxylic acids is 1. The molecule has 0 saturated heterocycles. The third-order valence-corrected chi connectivity index (χ3v) is 3.57. The summed E-state index contributed by atoms with van der Waals surface area (Å²) in [6.45, 7) is 1.96. The molecule has 2 rings (SSSR count). The Balaban J connectivity index is 2.03. The van der Waals surface area contributed by atoms with Crippen LogP contribution in [0, 0.1) is 5.92 Å². The fourth-order valence-electron chi connectivity index (χ4n) is 1.87. The van der Waals surface area contributed by atoms with Gasteiger partial charge in [0.25, 0.3) is 0 Å². The van der Waals surface area contributed by atoms with E-state index in [-0.39, 0.29) is 18.4 Å². The minimum absolute atomic E-state index is 0.119. The minimum Gasteiger partial charge on any atom is -0.492 e. The Morgan fingerprint density at radius 1 is 1.58 bits per heavy atom. The van der Waals surface area contributed by atoms with Crippen molar-refractivity contribution in [3.8, 4) is 5.75 Å². The molecule has 1 aliphatic rings. The number of halogens is 1. The van der Waals surface area contributed by atoms with Crippen LogP contribution in [0.3, 0.4) is 0 Å². The van der Waals surface area contributed by atoms with Crippen LogP contribution in [0.4, 0.5) is 0 Å². The Bertz CT molecular complexity index is 517. The van der Waals surface area contributed by atoms with Gasteiger partial charge < -0.3 is 15.2 Å². The van der Waals surface area contributed by atoms with Crippen molar-refractivity contribution in [1.82, 2.24) is 5.32 Å². The fraction of sp³-hybridized carbons (Fsp3) is 0.385. The zero-order chi connectivity index (χ0) is 14.0. The predicted molar refractivity (Wildman–Crippen MR) is 72.2 cm³/mol. The van der Waals surface area contributed by atoms with Crippen LogP contribution in [-0.2, 0) is 9.59 Å². The van der Waals surface area contributed by atoms with Crippen LogP contribution in [-0.4, -0.2) is 30.1 Å². The first-order valence-electron chi connectivity index (χ1n) is 5.92. The van der Waals surface area contributed by atoms with E-state index in [0.29, 0.717) is 12.4 Å². The predicted octanol–water partition coefficient (Wildman–Crippen LogP) is 1.76. The summed E-state index contributed by atoms with van der Waals surface area (Å²) in [7, 11) is 0. The van der Waals surface area contributed by atoms with Gasteiger partial charge in [-0.3, -0.25) is 9.59 Å². The van der Waals surface area contributed by atoms with E-state index in [9.17, 15) is 9.59 Å². The number of amides is 1. The van der Waals surface area contributed by atoms with E-state index in [0.717, 1.165) is 10.0 Å². The molecule has 2 N–H and O–H groups in total. The number of hydrogen-bond acceptors (Lipinski definition) is 3. The van der Waals surface area contributed by atoms with Gasteiger partial charge in [-0.25, -0.2) is 0 Å². The molecule has 2 atom stereocenters. The highest BCUT2D eigenvalue weighted by Gasteiger charge is 2.30. The van der Waals surface area contributed by atoms with Crippen molar-refractivity contribution in [2.45, 2.75) is 12.8 Å².